The van der Waals surface area contributed by atoms with Crippen molar-refractivity contribution in [3.63, 3.8) is 0 Å². The number of benzene rings is 1. The van der Waals surface area contributed by atoms with E-state index in [0.29, 0.717) is 40.7 Å². The summed E-state index contributed by atoms with van der Waals surface area (Å²) in [6, 6.07) is 6.60. The lowest BCUT2D eigenvalue weighted by atomic mass is 10.2. The van der Waals surface area contributed by atoms with Gasteiger partial charge in [-0.15, -0.1) is 5.10 Å². The Morgan fingerprint density at radius 2 is 1.77 bits per heavy atom. The van der Waals surface area contributed by atoms with E-state index in [4.69, 9.17) is 11.6 Å². The maximum absolute atomic E-state index is 11.9. The Bertz CT molecular complexity index is 657. The third kappa shape index (κ3) is 4.25. The van der Waals surface area contributed by atoms with E-state index in [1.54, 1.807) is 24.3 Å². The van der Waals surface area contributed by atoms with Crippen molar-refractivity contribution in [3.8, 4) is 0 Å². The summed E-state index contributed by atoms with van der Waals surface area (Å²) in [6.45, 7) is 2.58. The van der Waals surface area contributed by atoms with Gasteiger partial charge < -0.3 is 10.6 Å². The molecule has 0 saturated carbocycles. The second-order valence-corrected chi connectivity index (χ2v) is 5.61. The number of nitrogens with zero attached hydrogens (tertiary/aromatic N) is 2. The number of amides is 2. The lowest BCUT2D eigenvalue weighted by molar-refractivity contribution is 0.0929. The van der Waals surface area contributed by atoms with Crippen molar-refractivity contribution in [1.29, 1.82) is 0 Å². The molecule has 116 valence electrons. The molecule has 8 heteroatoms. The average Bonchev–Trinajstić information content (AvgIpc) is 3.00. The van der Waals surface area contributed by atoms with Gasteiger partial charge in [0.25, 0.3) is 11.8 Å². The molecule has 2 N–H and O–H groups in total. The third-order valence-corrected chi connectivity index (χ3v) is 3.92. The van der Waals surface area contributed by atoms with Gasteiger partial charge in [0.2, 0.25) is 0 Å². The molecule has 0 radical (unpaired) electrons. The van der Waals surface area contributed by atoms with Crippen LogP contribution in [0.3, 0.4) is 0 Å². The summed E-state index contributed by atoms with van der Waals surface area (Å²) in [5.74, 6) is -0.424. The SMILES string of the molecule is CCc1nnsc1C(=O)NCCNC(=O)c1ccc(Cl)cc1. The summed E-state index contributed by atoms with van der Waals surface area (Å²) in [6.07, 6.45) is 0.659. The Morgan fingerprint density at radius 3 is 2.41 bits per heavy atom. The first-order chi connectivity index (χ1) is 10.6. The second kappa shape index (κ2) is 7.86. The molecule has 0 atom stereocenters. The number of hydrogen-bond donors (Lipinski definition) is 2. The number of carbonyl (C=O) groups is 2. The normalized spacial score (nSPS) is 10.3. The smallest absolute Gasteiger partial charge is 0.265 e. The van der Waals surface area contributed by atoms with Crippen LogP contribution >= 0.6 is 23.1 Å². The topological polar surface area (TPSA) is 84.0 Å². The first-order valence-electron chi connectivity index (χ1n) is 6.75. The molecule has 0 aliphatic carbocycles. The molecule has 6 nitrogen and oxygen atoms in total. The highest BCUT2D eigenvalue weighted by Gasteiger charge is 2.14. The van der Waals surface area contributed by atoms with Gasteiger partial charge >= 0.3 is 0 Å². The molecule has 0 aliphatic heterocycles. The lowest BCUT2D eigenvalue weighted by Crippen LogP contribution is -2.34. The summed E-state index contributed by atoms with van der Waals surface area (Å²) in [7, 11) is 0. The zero-order valence-electron chi connectivity index (χ0n) is 11.9. The predicted molar refractivity (Wildman–Crippen MR) is 85.4 cm³/mol. The Balaban J connectivity index is 1.76. The fourth-order valence-electron chi connectivity index (χ4n) is 1.75. The Morgan fingerprint density at radius 1 is 1.14 bits per heavy atom. The van der Waals surface area contributed by atoms with E-state index < -0.39 is 0 Å². The first-order valence-corrected chi connectivity index (χ1v) is 7.90. The van der Waals surface area contributed by atoms with Gasteiger partial charge in [-0.25, -0.2) is 0 Å². The van der Waals surface area contributed by atoms with Crippen LogP contribution in [0.2, 0.25) is 5.02 Å². The molecular weight excluding hydrogens is 324 g/mol. The molecule has 0 saturated heterocycles. The van der Waals surface area contributed by atoms with Gasteiger partial charge in [-0.1, -0.05) is 23.0 Å². The number of aryl methyl sites for hydroxylation is 1. The van der Waals surface area contributed by atoms with Crippen molar-refractivity contribution in [2.45, 2.75) is 13.3 Å². The molecular formula is C14H15ClN4O2S. The first kappa shape index (κ1) is 16.4. The van der Waals surface area contributed by atoms with E-state index in [1.807, 2.05) is 6.92 Å². The minimum Gasteiger partial charge on any atom is -0.350 e. The van der Waals surface area contributed by atoms with E-state index in [9.17, 15) is 9.59 Å². The van der Waals surface area contributed by atoms with Crippen LogP contribution in [0.15, 0.2) is 24.3 Å². The Labute approximate surface area is 137 Å². The van der Waals surface area contributed by atoms with Gasteiger partial charge in [0.15, 0.2) is 0 Å². The van der Waals surface area contributed by atoms with Crippen LogP contribution in [0.1, 0.15) is 32.6 Å². The summed E-state index contributed by atoms with van der Waals surface area (Å²) in [4.78, 5) is 24.3. The number of aromatic nitrogens is 2. The molecule has 1 aromatic heterocycles. The summed E-state index contributed by atoms with van der Waals surface area (Å²) >= 11 is 6.83. The maximum Gasteiger partial charge on any atom is 0.265 e. The van der Waals surface area contributed by atoms with Crippen LogP contribution in [-0.2, 0) is 6.42 Å². The Hall–Kier alpha value is -1.99. The molecule has 0 fully saturated rings. The van der Waals surface area contributed by atoms with Crippen molar-refractivity contribution in [1.82, 2.24) is 20.2 Å². The van der Waals surface area contributed by atoms with E-state index in [1.165, 1.54) is 0 Å². The fraction of sp³-hybridized carbons (Fsp3) is 0.286. The van der Waals surface area contributed by atoms with Crippen molar-refractivity contribution in [3.05, 3.63) is 45.4 Å². The van der Waals surface area contributed by atoms with E-state index in [2.05, 4.69) is 20.2 Å². The van der Waals surface area contributed by atoms with Gasteiger partial charge in [0.05, 0.1) is 5.69 Å². The van der Waals surface area contributed by atoms with E-state index >= 15 is 0 Å². The van der Waals surface area contributed by atoms with Gasteiger partial charge in [-0.05, 0) is 42.2 Å². The molecule has 0 bridgehead atoms. The van der Waals surface area contributed by atoms with Crippen molar-refractivity contribution in [2.24, 2.45) is 0 Å². The molecule has 2 amide bonds. The molecule has 0 spiro atoms. The maximum atomic E-state index is 11.9. The van der Waals surface area contributed by atoms with Gasteiger partial charge in [0.1, 0.15) is 4.88 Å². The molecule has 0 aliphatic rings. The molecule has 2 aromatic rings. The van der Waals surface area contributed by atoms with Crippen molar-refractivity contribution >= 4 is 34.9 Å². The van der Waals surface area contributed by atoms with Crippen LogP contribution in [0.25, 0.3) is 0 Å². The zero-order chi connectivity index (χ0) is 15.9. The quantitative estimate of drug-likeness (QED) is 0.788. The van der Waals surface area contributed by atoms with E-state index in [0.717, 1.165) is 11.5 Å². The minimum atomic E-state index is -0.215. The summed E-state index contributed by atoms with van der Waals surface area (Å²) in [5.41, 5.74) is 1.21. The van der Waals surface area contributed by atoms with Crippen LogP contribution in [-0.4, -0.2) is 34.5 Å². The number of carbonyl (C=O) groups excluding carboxylic acids is 2. The largest absolute Gasteiger partial charge is 0.350 e. The molecule has 0 unspecified atom stereocenters. The van der Waals surface area contributed by atoms with Gasteiger partial charge in [-0.2, -0.15) is 0 Å². The molecule has 1 aromatic carbocycles. The minimum absolute atomic E-state index is 0.209. The van der Waals surface area contributed by atoms with Crippen LogP contribution in [0, 0.1) is 0 Å². The van der Waals surface area contributed by atoms with Crippen LogP contribution < -0.4 is 10.6 Å². The van der Waals surface area contributed by atoms with Crippen molar-refractivity contribution < 1.29 is 9.59 Å². The second-order valence-electron chi connectivity index (χ2n) is 4.42. The third-order valence-electron chi connectivity index (χ3n) is 2.90. The fourth-order valence-corrected chi connectivity index (χ4v) is 2.54. The van der Waals surface area contributed by atoms with E-state index in [-0.39, 0.29) is 11.8 Å². The van der Waals surface area contributed by atoms with Gasteiger partial charge in [0, 0.05) is 23.7 Å². The highest BCUT2D eigenvalue weighted by molar-refractivity contribution is 7.08. The van der Waals surface area contributed by atoms with Gasteiger partial charge in [-0.3, -0.25) is 9.59 Å². The highest BCUT2D eigenvalue weighted by atomic mass is 35.5. The molecule has 2 rings (SSSR count). The lowest BCUT2D eigenvalue weighted by Gasteiger charge is -2.06. The number of halogens is 1. The number of nitrogens with one attached hydrogen (secondary N) is 2. The average molecular weight is 339 g/mol. The number of hydrogen-bond acceptors (Lipinski definition) is 5. The highest BCUT2D eigenvalue weighted by Crippen LogP contribution is 2.10. The van der Waals surface area contributed by atoms with Crippen LogP contribution in [0.4, 0.5) is 0 Å². The molecule has 1 heterocycles. The summed E-state index contributed by atoms with van der Waals surface area (Å²) in [5, 5.41) is 9.92. The standard InChI is InChI=1S/C14H15ClN4O2S/c1-2-11-12(22-19-18-11)14(21)17-8-7-16-13(20)9-3-5-10(15)6-4-9/h3-6H,2,7-8H2,1H3,(H,16,20)(H,17,21). The zero-order valence-corrected chi connectivity index (χ0v) is 13.5. The Kier molecular flexibility index (Phi) is 5.85. The monoisotopic (exact) mass is 338 g/mol. The van der Waals surface area contributed by atoms with Crippen molar-refractivity contribution in [2.75, 3.05) is 13.1 Å². The van der Waals surface area contributed by atoms with Crippen LogP contribution in [0.5, 0.6) is 0 Å². The molecule has 22 heavy (non-hydrogen) atoms. The summed E-state index contributed by atoms with van der Waals surface area (Å²) < 4.78 is 3.77. The predicted octanol–water partition coefficient (Wildman–Crippen LogP) is 1.91. The number of rotatable bonds is 6.